The average molecular weight is 371 g/mol. The van der Waals surface area contributed by atoms with Gasteiger partial charge in [0, 0.05) is 5.56 Å². The van der Waals surface area contributed by atoms with Crippen molar-refractivity contribution in [3.05, 3.63) is 47.8 Å². The van der Waals surface area contributed by atoms with E-state index in [2.05, 4.69) is 4.84 Å². The van der Waals surface area contributed by atoms with Crippen molar-refractivity contribution in [3.8, 4) is 16.9 Å². The van der Waals surface area contributed by atoms with E-state index in [9.17, 15) is 9.59 Å². The quantitative estimate of drug-likeness (QED) is 0.809. The third kappa shape index (κ3) is 2.98. The molecule has 0 aromatic heterocycles. The molecule has 1 aliphatic rings. The topological polar surface area (TPSA) is 98.7 Å². The number of anilines is 1. The van der Waals surface area contributed by atoms with Gasteiger partial charge in [-0.05, 0) is 36.1 Å². The number of nitrogens with two attached hydrogens (primary N) is 2. The summed E-state index contributed by atoms with van der Waals surface area (Å²) in [7, 11) is 0. The first-order valence-corrected chi connectivity index (χ1v) is 8.71. The lowest BCUT2D eigenvalue weighted by Crippen LogP contribution is -2.50. The van der Waals surface area contributed by atoms with Crippen LogP contribution in [0, 0.1) is 11.7 Å². The van der Waals surface area contributed by atoms with Crippen LogP contribution in [-0.2, 0) is 9.59 Å². The number of imide groups is 1. The summed E-state index contributed by atoms with van der Waals surface area (Å²) in [5.41, 5.74) is 7.38. The molecule has 1 aliphatic heterocycles. The third-order valence-corrected chi connectivity index (χ3v) is 4.96. The van der Waals surface area contributed by atoms with Crippen molar-refractivity contribution in [2.75, 3.05) is 4.90 Å². The molecule has 7 heteroatoms. The summed E-state index contributed by atoms with van der Waals surface area (Å²) >= 11 is 0. The molecule has 2 aromatic rings. The first-order chi connectivity index (χ1) is 12.8. The summed E-state index contributed by atoms with van der Waals surface area (Å²) in [5.74, 6) is 2.39. The van der Waals surface area contributed by atoms with E-state index >= 15 is 4.39 Å². The van der Waals surface area contributed by atoms with Crippen molar-refractivity contribution in [3.63, 3.8) is 0 Å². The van der Waals surface area contributed by atoms with Gasteiger partial charge in [-0.2, -0.15) is 5.90 Å². The van der Waals surface area contributed by atoms with Crippen molar-refractivity contribution in [2.24, 2.45) is 17.5 Å². The van der Waals surface area contributed by atoms with Gasteiger partial charge in [-0.3, -0.25) is 9.59 Å². The summed E-state index contributed by atoms with van der Waals surface area (Å²) in [5, 5.41) is 0. The molecular weight excluding hydrogens is 349 g/mol. The molecule has 0 saturated carbocycles. The highest BCUT2D eigenvalue weighted by Gasteiger charge is 2.39. The predicted molar refractivity (Wildman–Crippen MR) is 100 cm³/mol. The molecule has 2 aromatic carbocycles. The fourth-order valence-electron chi connectivity index (χ4n) is 3.29. The zero-order valence-corrected chi connectivity index (χ0v) is 15.4. The smallest absolute Gasteiger partial charge is 0.250 e. The standard InChI is InChI=1S/C20H22FN3O3/c1-10(2)18(22)20(26)24-14-8-9-15(27-23)17(21)16(14)13-7-5-4-6-12(13)11(3)19(24)25/h4-11,18H,22-23H2,1-3H3/t11?,18-/m0/s1. The lowest BCUT2D eigenvalue weighted by molar-refractivity contribution is -0.128. The van der Waals surface area contributed by atoms with Crippen molar-refractivity contribution < 1.29 is 18.8 Å². The molecule has 0 aliphatic carbocycles. The number of carbonyl (C=O) groups excluding carboxylic acids is 2. The van der Waals surface area contributed by atoms with Crippen molar-refractivity contribution in [1.82, 2.24) is 0 Å². The highest BCUT2D eigenvalue weighted by Crippen LogP contribution is 2.44. The van der Waals surface area contributed by atoms with Gasteiger partial charge in [0.25, 0.3) is 5.91 Å². The minimum Gasteiger partial charge on any atom is -0.408 e. The monoisotopic (exact) mass is 371 g/mol. The van der Waals surface area contributed by atoms with Crippen LogP contribution in [0.4, 0.5) is 10.1 Å². The van der Waals surface area contributed by atoms with Crippen LogP contribution in [0.1, 0.15) is 32.3 Å². The molecule has 0 spiro atoms. The van der Waals surface area contributed by atoms with Gasteiger partial charge < -0.3 is 10.6 Å². The van der Waals surface area contributed by atoms with Gasteiger partial charge in [0.15, 0.2) is 11.6 Å². The summed E-state index contributed by atoms with van der Waals surface area (Å²) in [6.07, 6.45) is 0. The summed E-state index contributed by atoms with van der Waals surface area (Å²) in [6, 6.07) is 8.81. The number of fused-ring (bicyclic) bond motifs is 3. The minimum atomic E-state index is -0.899. The van der Waals surface area contributed by atoms with Gasteiger partial charge in [-0.15, -0.1) is 0 Å². The van der Waals surface area contributed by atoms with Crippen LogP contribution in [-0.4, -0.2) is 17.9 Å². The van der Waals surface area contributed by atoms with E-state index in [1.807, 2.05) is 0 Å². The molecule has 142 valence electrons. The highest BCUT2D eigenvalue weighted by atomic mass is 19.1. The van der Waals surface area contributed by atoms with E-state index in [1.165, 1.54) is 12.1 Å². The Morgan fingerprint density at radius 2 is 1.89 bits per heavy atom. The minimum absolute atomic E-state index is 0.0931. The van der Waals surface area contributed by atoms with Gasteiger partial charge in [-0.25, -0.2) is 9.29 Å². The van der Waals surface area contributed by atoms with Crippen LogP contribution in [0.3, 0.4) is 0 Å². The molecular formula is C20H22FN3O3. The molecule has 2 atom stereocenters. The number of rotatable bonds is 3. The Hall–Kier alpha value is -2.77. The Kier molecular flexibility index (Phi) is 4.99. The Balaban J connectivity index is 2.34. The molecule has 27 heavy (non-hydrogen) atoms. The van der Waals surface area contributed by atoms with Crippen LogP contribution < -0.4 is 21.4 Å². The summed E-state index contributed by atoms with van der Waals surface area (Å²) in [6.45, 7) is 5.26. The highest BCUT2D eigenvalue weighted by molar-refractivity contribution is 6.21. The molecule has 3 rings (SSSR count). The van der Waals surface area contributed by atoms with Gasteiger partial charge >= 0.3 is 0 Å². The van der Waals surface area contributed by atoms with Crippen molar-refractivity contribution >= 4 is 17.5 Å². The van der Waals surface area contributed by atoms with Crippen LogP contribution in [0.5, 0.6) is 5.75 Å². The Labute approximate surface area is 156 Å². The van der Waals surface area contributed by atoms with Crippen LogP contribution >= 0.6 is 0 Å². The zero-order chi connectivity index (χ0) is 19.9. The summed E-state index contributed by atoms with van der Waals surface area (Å²) < 4.78 is 15.2. The molecule has 0 fully saturated rings. The third-order valence-electron chi connectivity index (χ3n) is 4.96. The maximum absolute atomic E-state index is 15.2. The lowest BCUT2D eigenvalue weighted by Gasteiger charge is -2.27. The largest absolute Gasteiger partial charge is 0.408 e. The maximum Gasteiger partial charge on any atom is 0.250 e. The normalized spacial score (nSPS) is 17.2. The molecule has 6 nitrogen and oxygen atoms in total. The number of benzene rings is 2. The van der Waals surface area contributed by atoms with Gasteiger partial charge in [-0.1, -0.05) is 38.1 Å². The molecule has 1 heterocycles. The number of amides is 2. The molecule has 1 unspecified atom stereocenters. The Bertz CT molecular complexity index is 913. The van der Waals surface area contributed by atoms with Gasteiger partial charge in [0.2, 0.25) is 5.91 Å². The van der Waals surface area contributed by atoms with Crippen LogP contribution in [0.2, 0.25) is 0 Å². The fourth-order valence-corrected chi connectivity index (χ4v) is 3.29. The first kappa shape index (κ1) is 19.0. The van der Waals surface area contributed by atoms with E-state index in [4.69, 9.17) is 11.6 Å². The molecule has 4 N–H and O–H groups in total. The lowest BCUT2D eigenvalue weighted by atomic mass is 9.92. The van der Waals surface area contributed by atoms with Crippen molar-refractivity contribution in [1.29, 1.82) is 0 Å². The first-order valence-electron chi connectivity index (χ1n) is 8.71. The fraction of sp³-hybridized carbons (Fsp3) is 0.300. The van der Waals surface area contributed by atoms with Gasteiger partial charge in [0.1, 0.15) is 0 Å². The second-order valence-electron chi connectivity index (χ2n) is 6.98. The molecule has 0 radical (unpaired) electrons. The molecule has 0 bridgehead atoms. The number of hydrogen-bond donors (Lipinski definition) is 2. The maximum atomic E-state index is 15.2. The molecule has 2 amide bonds. The van der Waals surface area contributed by atoms with Crippen LogP contribution in [0.15, 0.2) is 36.4 Å². The zero-order valence-electron chi connectivity index (χ0n) is 15.4. The number of carbonyl (C=O) groups is 2. The number of nitrogens with zero attached hydrogens (tertiary/aromatic N) is 1. The SMILES string of the molecule is CC1C(=O)N(C(=O)[C@@H](N)C(C)C)c2ccc(ON)c(F)c2-c2ccccc21. The number of hydrogen-bond acceptors (Lipinski definition) is 5. The average Bonchev–Trinajstić information content (AvgIpc) is 2.75. The van der Waals surface area contributed by atoms with Gasteiger partial charge in [0.05, 0.1) is 17.6 Å². The van der Waals surface area contributed by atoms with E-state index in [0.29, 0.717) is 11.1 Å². The van der Waals surface area contributed by atoms with Crippen LogP contribution in [0.25, 0.3) is 11.1 Å². The van der Waals surface area contributed by atoms with E-state index in [0.717, 1.165) is 4.90 Å². The Morgan fingerprint density at radius 3 is 2.52 bits per heavy atom. The van der Waals surface area contributed by atoms with E-state index < -0.39 is 29.6 Å². The summed E-state index contributed by atoms with van der Waals surface area (Å²) in [4.78, 5) is 31.8. The van der Waals surface area contributed by atoms with E-state index in [1.54, 1.807) is 45.0 Å². The van der Waals surface area contributed by atoms with E-state index in [-0.39, 0.29) is 22.9 Å². The second-order valence-corrected chi connectivity index (χ2v) is 6.98. The molecule has 0 saturated heterocycles. The number of halogens is 1. The Morgan fingerprint density at radius 1 is 1.22 bits per heavy atom. The predicted octanol–water partition coefficient (Wildman–Crippen LogP) is 2.71. The van der Waals surface area contributed by atoms with Crippen molar-refractivity contribution in [2.45, 2.75) is 32.7 Å². The second kappa shape index (κ2) is 7.09.